The van der Waals surface area contributed by atoms with Gasteiger partial charge in [0.25, 0.3) is 11.8 Å². The topological polar surface area (TPSA) is 63.7 Å². The summed E-state index contributed by atoms with van der Waals surface area (Å²) in [5.41, 5.74) is 0.566. The lowest BCUT2D eigenvalue weighted by Crippen LogP contribution is -2.27. The zero-order chi connectivity index (χ0) is 11.0. The molecular formula is C9H8NO4P. The van der Waals surface area contributed by atoms with Crippen LogP contribution in [0, 0.1) is 0 Å². The maximum absolute atomic E-state index is 11.6. The molecule has 2 amide bonds. The van der Waals surface area contributed by atoms with E-state index < -0.39 is 19.8 Å². The van der Waals surface area contributed by atoms with E-state index >= 15 is 0 Å². The zero-order valence-corrected chi connectivity index (χ0v) is 8.89. The molecule has 2 rings (SSSR count). The standard InChI is InChI=1S/C9H8NO4P/c1-15(13)14-10-8(11)6-4-2-3-5-7(6)9(10)12/h2-5,15H,1H3. The van der Waals surface area contributed by atoms with Crippen molar-refractivity contribution >= 4 is 19.8 Å². The molecule has 1 unspecified atom stereocenters. The molecule has 0 spiro atoms. The summed E-state index contributed by atoms with van der Waals surface area (Å²) in [6.45, 7) is 1.31. The van der Waals surface area contributed by atoms with Crippen LogP contribution in [0.2, 0.25) is 0 Å². The summed E-state index contributed by atoms with van der Waals surface area (Å²) < 4.78 is 15.6. The minimum absolute atomic E-state index is 0.283. The second kappa shape index (κ2) is 3.61. The van der Waals surface area contributed by atoms with E-state index in [9.17, 15) is 14.2 Å². The van der Waals surface area contributed by atoms with Crippen molar-refractivity contribution in [3.05, 3.63) is 35.4 Å². The quantitative estimate of drug-likeness (QED) is 0.562. The van der Waals surface area contributed by atoms with Crippen LogP contribution < -0.4 is 0 Å². The smallest absolute Gasteiger partial charge is 0.286 e. The Balaban J connectivity index is 2.41. The lowest BCUT2D eigenvalue weighted by Gasteiger charge is -2.10. The molecular weight excluding hydrogens is 217 g/mol. The Labute approximate surface area is 86.5 Å². The Morgan fingerprint density at radius 1 is 1.13 bits per heavy atom. The lowest BCUT2D eigenvalue weighted by molar-refractivity contribution is -0.00901. The Kier molecular flexibility index (Phi) is 2.42. The van der Waals surface area contributed by atoms with Gasteiger partial charge in [0, 0.05) is 6.66 Å². The number of amides is 2. The van der Waals surface area contributed by atoms with E-state index in [1.165, 1.54) is 18.8 Å². The SMILES string of the molecule is C[PH](=O)ON1C(=O)c2ccccc2C1=O. The van der Waals surface area contributed by atoms with Crippen molar-refractivity contribution in [1.82, 2.24) is 5.06 Å². The van der Waals surface area contributed by atoms with Crippen LogP contribution in [0.1, 0.15) is 20.7 Å². The van der Waals surface area contributed by atoms with Crippen molar-refractivity contribution in [3.63, 3.8) is 0 Å². The molecule has 1 aromatic carbocycles. The van der Waals surface area contributed by atoms with E-state index in [-0.39, 0.29) is 11.1 Å². The summed E-state index contributed by atoms with van der Waals surface area (Å²) in [7, 11) is -2.37. The fourth-order valence-electron chi connectivity index (χ4n) is 1.38. The predicted octanol–water partition coefficient (Wildman–Crippen LogP) is 1.32. The van der Waals surface area contributed by atoms with Crippen LogP contribution in [-0.2, 0) is 9.19 Å². The molecule has 1 aromatic rings. The van der Waals surface area contributed by atoms with Gasteiger partial charge in [0.2, 0.25) is 8.03 Å². The number of hydroxylamine groups is 2. The predicted molar refractivity (Wildman–Crippen MR) is 53.0 cm³/mol. The molecule has 1 aliphatic heterocycles. The third kappa shape index (κ3) is 1.60. The molecule has 0 saturated carbocycles. The van der Waals surface area contributed by atoms with Crippen molar-refractivity contribution in [2.45, 2.75) is 0 Å². The highest BCUT2D eigenvalue weighted by Crippen LogP contribution is 2.28. The maximum atomic E-state index is 11.6. The van der Waals surface area contributed by atoms with E-state index in [0.717, 1.165) is 0 Å². The number of imide groups is 1. The van der Waals surface area contributed by atoms with Gasteiger partial charge in [-0.25, -0.2) is 4.62 Å². The van der Waals surface area contributed by atoms with Crippen LogP contribution in [0.3, 0.4) is 0 Å². The van der Waals surface area contributed by atoms with Gasteiger partial charge in [-0.1, -0.05) is 12.1 Å². The molecule has 1 atom stereocenters. The number of fused-ring (bicyclic) bond motifs is 1. The summed E-state index contributed by atoms with van der Waals surface area (Å²) in [5.74, 6) is -1.12. The number of benzene rings is 1. The number of nitrogens with zero attached hydrogens (tertiary/aromatic N) is 1. The lowest BCUT2D eigenvalue weighted by atomic mass is 10.1. The number of hydrogen-bond acceptors (Lipinski definition) is 4. The van der Waals surface area contributed by atoms with Crippen LogP contribution in [0.5, 0.6) is 0 Å². The van der Waals surface area contributed by atoms with Gasteiger partial charge in [-0.3, -0.25) is 14.2 Å². The summed E-state index contributed by atoms with van der Waals surface area (Å²) in [6, 6.07) is 6.38. The summed E-state index contributed by atoms with van der Waals surface area (Å²) in [4.78, 5) is 23.2. The van der Waals surface area contributed by atoms with Gasteiger partial charge in [-0.2, -0.15) is 0 Å². The summed E-state index contributed by atoms with van der Waals surface area (Å²) in [5, 5.41) is 0.561. The fourth-order valence-corrected chi connectivity index (χ4v) is 1.80. The molecule has 0 aromatic heterocycles. The van der Waals surface area contributed by atoms with Gasteiger partial charge in [0.15, 0.2) is 0 Å². The average Bonchev–Trinajstić information content (AvgIpc) is 2.44. The molecule has 5 nitrogen and oxygen atoms in total. The average molecular weight is 225 g/mol. The number of hydrogen-bond donors (Lipinski definition) is 0. The Bertz CT molecular complexity index is 436. The molecule has 1 aliphatic rings. The van der Waals surface area contributed by atoms with Crippen LogP contribution in [-0.4, -0.2) is 23.5 Å². The van der Waals surface area contributed by atoms with Crippen LogP contribution in [0.4, 0.5) is 0 Å². The molecule has 1 heterocycles. The molecule has 15 heavy (non-hydrogen) atoms. The first kappa shape index (κ1) is 10.1. The highest BCUT2D eigenvalue weighted by atomic mass is 31.1. The normalized spacial score (nSPS) is 16.7. The third-order valence-corrected chi connectivity index (χ3v) is 2.42. The first-order valence-electron chi connectivity index (χ1n) is 4.27. The number of carbonyl (C=O) groups is 2. The minimum Gasteiger partial charge on any atom is -0.294 e. The van der Waals surface area contributed by atoms with Crippen LogP contribution in [0.25, 0.3) is 0 Å². The Morgan fingerprint density at radius 2 is 1.60 bits per heavy atom. The molecule has 0 saturated heterocycles. The van der Waals surface area contributed by atoms with Gasteiger partial charge in [-0.05, 0) is 12.1 Å². The van der Waals surface area contributed by atoms with Gasteiger partial charge in [-0.15, -0.1) is 5.06 Å². The molecule has 78 valence electrons. The maximum Gasteiger partial charge on any atom is 0.286 e. The second-order valence-corrected chi connectivity index (χ2v) is 4.20. The summed E-state index contributed by atoms with van der Waals surface area (Å²) >= 11 is 0. The van der Waals surface area contributed by atoms with Crippen LogP contribution >= 0.6 is 8.03 Å². The first-order chi connectivity index (χ1) is 7.11. The Hall–Kier alpha value is -1.45. The van der Waals surface area contributed by atoms with Gasteiger partial charge in [0.1, 0.15) is 0 Å². The second-order valence-electron chi connectivity index (χ2n) is 3.03. The van der Waals surface area contributed by atoms with E-state index in [2.05, 4.69) is 0 Å². The number of carbonyl (C=O) groups excluding carboxylic acids is 2. The van der Waals surface area contributed by atoms with Crippen molar-refractivity contribution in [2.75, 3.05) is 6.66 Å². The van der Waals surface area contributed by atoms with Crippen molar-refractivity contribution in [2.24, 2.45) is 0 Å². The molecule has 6 heteroatoms. The molecule has 0 N–H and O–H groups in total. The number of rotatable bonds is 2. The van der Waals surface area contributed by atoms with Crippen molar-refractivity contribution in [1.29, 1.82) is 0 Å². The van der Waals surface area contributed by atoms with Gasteiger partial charge in [0.05, 0.1) is 11.1 Å². The van der Waals surface area contributed by atoms with Crippen molar-refractivity contribution < 1.29 is 18.8 Å². The van der Waals surface area contributed by atoms with Crippen LogP contribution in [0.15, 0.2) is 24.3 Å². The summed E-state index contributed by atoms with van der Waals surface area (Å²) in [6.07, 6.45) is 0. The van der Waals surface area contributed by atoms with E-state index in [0.29, 0.717) is 5.06 Å². The highest BCUT2D eigenvalue weighted by Gasteiger charge is 2.37. The van der Waals surface area contributed by atoms with Gasteiger partial charge < -0.3 is 0 Å². The zero-order valence-electron chi connectivity index (χ0n) is 7.89. The fraction of sp³-hybridized carbons (Fsp3) is 0.111. The molecule has 0 radical (unpaired) electrons. The first-order valence-corrected chi connectivity index (χ1v) is 6.09. The largest absolute Gasteiger partial charge is 0.294 e. The van der Waals surface area contributed by atoms with E-state index in [1.807, 2.05) is 0 Å². The van der Waals surface area contributed by atoms with Crippen molar-refractivity contribution in [3.8, 4) is 0 Å². The highest BCUT2D eigenvalue weighted by molar-refractivity contribution is 7.38. The van der Waals surface area contributed by atoms with E-state index in [1.54, 1.807) is 12.1 Å². The monoisotopic (exact) mass is 225 g/mol. The molecule has 0 bridgehead atoms. The Morgan fingerprint density at radius 3 is 2.00 bits per heavy atom. The molecule has 0 fully saturated rings. The van der Waals surface area contributed by atoms with Gasteiger partial charge >= 0.3 is 0 Å². The molecule has 0 aliphatic carbocycles. The van der Waals surface area contributed by atoms with E-state index in [4.69, 9.17) is 4.62 Å². The third-order valence-electron chi connectivity index (χ3n) is 1.98. The minimum atomic E-state index is -2.37.